The number of nitrogens with one attached hydrogen (secondary N) is 1. The quantitative estimate of drug-likeness (QED) is 0.712. The van der Waals surface area contributed by atoms with Crippen LogP contribution in [0.2, 0.25) is 0 Å². The fraction of sp³-hybridized carbons (Fsp3) is 0. The average Bonchev–Trinajstić information content (AvgIpc) is 2.32. The molecule has 0 aliphatic rings. The number of rotatable bonds is 2. The summed E-state index contributed by atoms with van der Waals surface area (Å²) in [6.45, 7) is 0. The predicted molar refractivity (Wildman–Crippen MR) is 66.9 cm³/mol. The van der Waals surface area contributed by atoms with Crippen LogP contribution in [0.1, 0.15) is 10.4 Å². The number of aromatic hydroxyl groups is 1. The normalized spacial score (nSPS) is 10.1. The number of halogens is 1. The molecular formula is C13H11FN2O2. The Kier molecular flexibility index (Phi) is 3.14. The second-order valence-electron chi connectivity index (χ2n) is 3.74. The monoisotopic (exact) mass is 246 g/mol. The Morgan fingerprint density at radius 2 is 1.83 bits per heavy atom. The van der Waals surface area contributed by atoms with Gasteiger partial charge in [-0.15, -0.1) is 0 Å². The second kappa shape index (κ2) is 4.75. The lowest BCUT2D eigenvalue weighted by molar-refractivity contribution is 0.102. The Labute approximate surface area is 103 Å². The highest BCUT2D eigenvalue weighted by Gasteiger charge is 2.11. The van der Waals surface area contributed by atoms with E-state index >= 15 is 0 Å². The molecule has 1 amide bonds. The molecule has 2 rings (SSSR count). The molecule has 0 aromatic heterocycles. The highest BCUT2D eigenvalue weighted by molar-refractivity contribution is 6.06. The number of benzene rings is 2. The molecule has 0 spiro atoms. The van der Waals surface area contributed by atoms with Crippen molar-refractivity contribution >= 4 is 17.3 Å². The van der Waals surface area contributed by atoms with Crippen LogP contribution < -0.4 is 11.1 Å². The highest BCUT2D eigenvalue weighted by Crippen LogP contribution is 2.21. The van der Waals surface area contributed by atoms with Crippen LogP contribution in [0.3, 0.4) is 0 Å². The van der Waals surface area contributed by atoms with Crippen molar-refractivity contribution in [3.05, 3.63) is 53.8 Å². The molecule has 0 heterocycles. The number of carbonyl (C=O) groups is 1. The van der Waals surface area contributed by atoms with Crippen molar-refractivity contribution in [2.45, 2.75) is 0 Å². The SMILES string of the molecule is Nc1ccc(C(=O)Nc2ccc(F)cc2)c(O)c1. The van der Waals surface area contributed by atoms with Crippen molar-refractivity contribution in [3.8, 4) is 5.75 Å². The number of hydrogen-bond acceptors (Lipinski definition) is 3. The molecule has 0 radical (unpaired) electrons. The summed E-state index contributed by atoms with van der Waals surface area (Å²) in [5, 5.41) is 12.1. The molecule has 0 atom stereocenters. The Hall–Kier alpha value is -2.56. The minimum atomic E-state index is -0.487. The summed E-state index contributed by atoms with van der Waals surface area (Å²) in [7, 11) is 0. The van der Waals surface area contributed by atoms with E-state index in [9.17, 15) is 14.3 Å². The zero-order valence-electron chi connectivity index (χ0n) is 9.35. The van der Waals surface area contributed by atoms with Crippen molar-refractivity contribution in [3.63, 3.8) is 0 Å². The van der Waals surface area contributed by atoms with Gasteiger partial charge in [-0.1, -0.05) is 0 Å². The van der Waals surface area contributed by atoms with Gasteiger partial charge < -0.3 is 16.2 Å². The third kappa shape index (κ3) is 2.57. The summed E-state index contributed by atoms with van der Waals surface area (Å²) >= 11 is 0. The van der Waals surface area contributed by atoms with Gasteiger partial charge in [0.05, 0.1) is 5.56 Å². The van der Waals surface area contributed by atoms with E-state index in [1.165, 1.54) is 42.5 Å². The zero-order chi connectivity index (χ0) is 13.1. The molecule has 4 nitrogen and oxygen atoms in total. The Bertz CT molecular complexity index is 582. The van der Waals surface area contributed by atoms with Crippen LogP contribution in [0.15, 0.2) is 42.5 Å². The second-order valence-corrected chi connectivity index (χ2v) is 3.74. The van der Waals surface area contributed by atoms with Gasteiger partial charge in [-0.25, -0.2) is 4.39 Å². The maximum Gasteiger partial charge on any atom is 0.259 e. The van der Waals surface area contributed by atoms with Gasteiger partial charge in [0.15, 0.2) is 0 Å². The van der Waals surface area contributed by atoms with Crippen LogP contribution in [-0.2, 0) is 0 Å². The third-order valence-electron chi connectivity index (χ3n) is 2.37. The first-order valence-electron chi connectivity index (χ1n) is 5.21. The van der Waals surface area contributed by atoms with E-state index < -0.39 is 5.91 Å². The molecule has 4 N–H and O–H groups in total. The maximum atomic E-state index is 12.7. The molecule has 92 valence electrons. The molecule has 2 aromatic carbocycles. The number of phenolic OH excluding ortho intramolecular Hbond substituents is 1. The lowest BCUT2D eigenvalue weighted by Gasteiger charge is -2.07. The largest absolute Gasteiger partial charge is 0.507 e. The van der Waals surface area contributed by atoms with E-state index in [-0.39, 0.29) is 17.1 Å². The Morgan fingerprint density at radius 1 is 1.17 bits per heavy atom. The molecule has 0 unspecified atom stereocenters. The summed E-state index contributed by atoms with van der Waals surface area (Å²) in [5.74, 6) is -1.07. The molecular weight excluding hydrogens is 235 g/mol. The number of anilines is 2. The minimum Gasteiger partial charge on any atom is -0.507 e. The number of amides is 1. The standard InChI is InChI=1S/C13H11FN2O2/c14-8-1-4-10(5-2-8)16-13(18)11-6-3-9(15)7-12(11)17/h1-7,17H,15H2,(H,16,18). The first-order valence-corrected chi connectivity index (χ1v) is 5.21. The maximum absolute atomic E-state index is 12.7. The predicted octanol–water partition coefficient (Wildman–Crippen LogP) is 2.37. The molecule has 18 heavy (non-hydrogen) atoms. The highest BCUT2D eigenvalue weighted by atomic mass is 19.1. The molecule has 2 aromatic rings. The smallest absolute Gasteiger partial charge is 0.259 e. The van der Waals surface area contributed by atoms with Gasteiger partial charge in [-0.3, -0.25) is 4.79 Å². The van der Waals surface area contributed by atoms with Gasteiger partial charge in [0.2, 0.25) is 0 Å². The number of nitrogen functional groups attached to an aromatic ring is 1. The first-order chi connectivity index (χ1) is 8.56. The molecule has 0 saturated heterocycles. The van der Waals surface area contributed by atoms with Crippen molar-refractivity contribution in [1.82, 2.24) is 0 Å². The molecule has 0 bridgehead atoms. The third-order valence-corrected chi connectivity index (χ3v) is 2.37. The molecule has 0 aliphatic heterocycles. The average molecular weight is 246 g/mol. The van der Waals surface area contributed by atoms with E-state index in [0.717, 1.165) is 0 Å². The topological polar surface area (TPSA) is 75.4 Å². The van der Waals surface area contributed by atoms with Crippen molar-refractivity contribution < 1.29 is 14.3 Å². The number of phenols is 1. The Morgan fingerprint density at radius 3 is 2.44 bits per heavy atom. The van der Waals surface area contributed by atoms with Gasteiger partial charge in [0.1, 0.15) is 11.6 Å². The molecule has 0 fully saturated rings. The van der Waals surface area contributed by atoms with Crippen molar-refractivity contribution in [2.24, 2.45) is 0 Å². The number of carbonyl (C=O) groups excluding carboxylic acids is 1. The minimum absolute atomic E-state index is 0.105. The summed E-state index contributed by atoms with van der Waals surface area (Å²) in [6, 6.07) is 9.56. The number of nitrogens with two attached hydrogens (primary N) is 1. The van der Waals surface area contributed by atoms with Crippen LogP contribution in [0.25, 0.3) is 0 Å². The van der Waals surface area contributed by atoms with Gasteiger partial charge in [0, 0.05) is 17.4 Å². The summed E-state index contributed by atoms with van der Waals surface area (Å²) in [6.07, 6.45) is 0. The van der Waals surface area contributed by atoms with Gasteiger partial charge in [0.25, 0.3) is 5.91 Å². The van der Waals surface area contributed by atoms with Crippen LogP contribution in [0.4, 0.5) is 15.8 Å². The van der Waals surface area contributed by atoms with E-state index in [1.54, 1.807) is 0 Å². The molecule has 0 saturated carbocycles. The van der Waals surface area contributed by atoms with Crippen LogP contribution in [0.5, 0.6) is 5.75 Å². The Balaban J connectivity index is 2.19. The van der Waals surface area contributed by atoms with E-state index in [2.05, 4.69) is 5.32 Å². The number of hydrogen-bond donors (Lipinski definition) is 3. The molecule has 0 aliphatic carbocycles. The van der Waals surface area contributed by atoms with Gasteiger partial charge >= 0.3 is 0 Å². The lowest BCUT2D eigenvalue weighted by Crippen LogP contribution is -2.12. The molecule has 5 heteroatoms. The van der Waals surface area contributed by atoms with Crippen molar-refractivity contribution in [2.75, 3.05) is 11.1 Å². The summed E-state index contributed by atoms with van der Waals surface area (Å²) < 4.78 is 12.7. The summed E-state index contributed by atoms with van der Waals surface area (Å²) in [4.78, 5) is 11.8. The van der Waals surface area contributed by atoms with E-state index in [4.69, 9.17) is 5.73 Å². The summed E-state index contributed by atoms with van der Waals surface area (Å²) in [5.41, 5.74) is 6.38. The van der Waals surface area contributed by atoms with Crippen LogP contribution >= 0.6 is 0 Å². The van der Waals surface area contributed by atoms with Gasteiger partial charge in [-0.05, 0) is 36.4 Å². The van der Waals surface area contributed by atoms with E-state index in [0.29, 0.717) is 11.4 Å². The van der Waals surface area contributed by atoms with Crippen LogP contribution in [-0.4, -0.2) is 11.0 Å². The first kappa shape index (κ1) is 11.9. The van der Waals surface area contributed by atoms with E-state index in [1.807, 2.05) is 0 Å². The van der Waals surface area contributed by atoms with Crippen molar-refractivity contribution in [1.29, 1.82) is 0 Å². The fourth-order valence-corrected chi connectivity index (χ4v) is 1.47. The van der Waals surface area contributed by atoms with Gasteiger partial charge in [-0.2, -0.15) is 0 Å². The zero-order valence-corrected chi connectivity index (χ0v) is 9.35. The lowest BCUT2D eigenvalue weighted by atomic mass is 10.1. The fourth-order valence-electron chi connectivity index (χ4n) is 1.47. The van der Waals surface area contributed by atoms with Crippen LogP contribution in [0, 0.1) is 5.82 Å².